The maximum absolute atomic E-state index is 12.3. The van der Waals surface area contributed by atoms with Crippen molar-refractivity contribution in [3.05, 3.63) is 64.8 Å². The number of carbonyl (C=O) groups excluding carboxylic acids is 1. The molecule has 0 saturated carbocycles. The molecule has 2 aromatic carbocycles. The fourth-order valence-corrected chi connectivity index (χ4v) is 5.03. The van der Waals surface area contributed by atoms with Crippen LogP contribution in [0.3, 0.4) is 0 Å². The molecule has 1 atom stereocenters. The minimum absolute atomic E-state index is 0.307. The highest BCUT2D eigenvalue weighted by Crippen LogP contribution is 2.31. The molecule has 3 aromatic rings. The Morgan fingerprint density at radius 3 is 2.73 bits per heavy atom. The predicted molar refractivity (Wildman–Crippen MR) is 123 cm³/mol. The molecule has 4 heteroatoms. The molecule has 1 aliphatic carbocycles. The quantitative estimate of drug-likeness (QED) is 0.632. The number of fused-ring (bicyclic) bond motifs is 3. The van der Waals surface area contributed by atoms with Crippen LogP contribution in [-0.4, -0.2) is 34.9 Å². The molecule has 1 saturated heterocycles. The van der Waals surface area contributed by atoms with Crippen molar-refractivity contribution in [3.8, 4) is 0 Å². The number of H-pyrrole nitrogens is 1. The van der Waals surface area contributed by atoms with E-state index in [0.717, 1.165) is 51.6 Å². The van der Waals surface area contributed by atoms with Gasteiger partial charge in [0.1, 0.15) is 0 Å². The predicted octanol–water partition coefficient (Wildman–Crippen LogP) is 5.00. The van der Waals surface area contributed by atoms with Gasteiger partial charge in [0.2, 0.25) is 5.91 Å². The molecule has 1 amide bonds. The van der Waals surface area contributed by atoms with Crippen molar-refractivity contribution >= 4 is 22.5 Å². The molecule has 1 aromatic heterocycles. The molecule has 2 aliphatic rings. The average Bonchev–Trinajstić information content (AvgIpc) is 3.41. The molecule has 156 valence electrons. The summed E-state index contributed by atoms with van der Waals surface area (Å²) < 4.78 is 0. The Bertz CT molecular complexity index is 1040. The summed E-state index contributed by atoms with van der Waals surface area (Å²) >= 11 is 0. The number of amides is 1. The number of rotatable bonds is 5. The third kappa shape index (κ3) is 3.96. The number of aromatic amines is 1. The van der Waals surface area contributed by atoms with E-state index in [4.69, 9.17) is 0 Å². The van der Waals surface area contributed by atoms with Crippen LogP contribution in [0.5, 0.6) is 0 Å². The van der Waals surface area contributed by atoms with E-state index in [1.54, 1.807) is 0 Å². The van der Waals surface area contributed by atoms with E-state index in [0.29, 0.717) is 18.4 Å². The van der Waals surface area contributed by atoms with Crippen LogP contribution in [0.15, 0.2) is 42.5 Å². The van der Waals surface area contributed by atoms with Crippen LogP contribution in [0.4, 0.5) is 5.69 Å². The number of hydrogen-bond acceptors (Lipinski definition) is 2. The molecule has 0 bridgehead atoms. The number of benzene rings is 2. The number of hydrogen-bond donors (Lipinski definition) is 2. The van der Waals surface area contributed by atoms with Crippen LogP contribution in [0.1, 0.15) is 48.1 Å². The van der Waals surface area contributed by atoms with Crippen molar-refractivity contribution in [2.45, 2.75) is 57.9 Å². The van der Waals surface area contributed by atoms with Gasteiger partial charge in [-0.1, -0.05) is 23.8 Å². The number of aromatic nitrogens is 1. The van der Waals surface area contributed by atoms with Crippen LogP contribution >= 0.6 is 0 Å². The Morgan fingerprint density at radius 1 is 1.13 bits per heavy atom. The van der Waals surface area contributed by atoms with E-state index in [2.05, 4.69) is 59.7 Å². The number of nitrogens with one attached hydrogen (secondary N) is 2. The van der Waals surface area contributed by atoms with Crippen molar-refractivity contribution in [1.29, 1.82) is 0 Å². The largest absolute Gasteiger partial charge is 0.382 e. The number of nitrogens with zero attached hydrogens (tertiary/aromatic N) is 1. The molecule has 4 nitrogen and oxygen atoms in total. The highest BCUT2D eigenvalue weighted by atomic mass is 16.2. The number of anilines is 1. The van der Waals surface area contributed by atoms with Crippen LogP contribution in [0.25, 0.3) is 10.9 Å². The van der Waals surface area contributed by atoms with E-state index < -0.39 is 0 Å². The topological polar surface area (TPSA) is 48.1 Å². The Balaban J connectivity index is 1.20. The summed E-state index contributed by atoms with van der Waals surface area (Å²) in [5, 5.41) is 5.12. The zero-order valence-corrected chi connectivity index (χ0v) is 17.8. The maximum atomic E-state index is 12.3. The highest BCUT2D eigenvalue weighted by molar-refractivity contribution is 5.85. The first kappa shape index (κ1) is 19.2. The second-order valence-electron chi connectivity index (χ2n) is 9.00. The lowest BCUT2D eigenvalue weighted by Crippen LogP contribution is -2.27. The van der Waals surface area contributed by atoms with E-state index >= 15 is 0 Å². The first-order valence-electron chi connectivity index (χ1n) is 11.4. The van der Waals surface area contributed by atoms with Gasteiger partial charge in [-0.25, -0.2) is 0 Å². The molecule has 0 radical (unpaired) electrons. The minimum Gasteiger partial charge on any atom is -0.382 e. The van der Waals surface area contributed by atoms with Gasteiger partial charge in [0, 0.05) is 47.8 Å². The summed E-state index contributed by atoms with van der Waals surface area (Å²) in [4.78, 5) is 17.9. The zero-order chi connectivity index (χ0) is 20.5. The molecular weight excluding hydrogens is 370 g/mol. The lowest BCUT2D eigenvalue weighted by molar-refractivity contribution is -0.130. The summed E-state index contributed by atoms with van der Waals surface area (Å²) in [6.07, 6.45) is 7.07. The van der Waals surface area contributed by atoms with Crippen LogP contribution in [0, 0.1) is 6.92 Å². The van der Waals surface area contributed by atoms with Crippen molar-refractivity contribution in [3.63, 3.8) is 0 Å². The van der Waals surface area contributed by atoms with Crippen molar-refractivity contribution in [2.75, 3.05) is 18.4 Å². The summed E-state index contributed by atoms with van der Waals surface area (Å²) in [5.74, 6) is 0.307. The maximum Gasteiger partial charge on any atom is 0.222 e. The molecule has 0 spiro atoms. The van der Waals surface area contributed by atoms with Crippen molar-refractivity contribution in [2.24, 2.45) is 0 Å². The molecular formula is C26H31N3O. The zero-order valence-electron chi connectivity index (χ0n) is 17.8. The molecule has 0 unspecified atom stereocenters. The first-order valence-corrected chi connectivity index (χ1v) is 11.4. The Labute approximate surface area is 178 Å². The fourth-order valence-electron chi connectivity index (χ4n) is 5.03. The highest BCUT2D eigenvalue weighted by Gasteiger charge is 2.22. The molecule has 1 fully saturated rings. The SMILES string of the molecule is Cc1ccc2[nH]c3c(c2c1)C[C@@H](Nc1ccc(CCC(=O)N2CCCC2)cc1)CC3. The summed E-state index contributed by atoms with van der Waals surface area (Å²) in [5.41, 5.74) is 7.89. The molecule has 2 heterocycles. The molecule has 2 N–H and O–H groups in total. The Kier molecular flexibility index (Phi) is 5.24. The Hall–Kier alpha value is -2.75. The fraction of sp³-hybridized carbons (Fsp3) is 0.423. The summed E-state index contributed by atoms with van der Waals surface area (Å²) in [6.45, 7) is 4.05. The van der Waals surface area contributed by atoms with E-state index in [-0.39, 0.29) is 0 Å². The standard InChI is InChI=1S/C26H31N3O/c1-18-4-11-24-22(16-18)23-17-21(10-12-25(23)28-24)27-20-8-5-19(6-9-20)7-13-26(30)29-14-2-3-15-29/h4-6,8-9,11,16,21,27-28H,2-3,7,10,12-15,17H2,1H3/t21-/m0/s1. The van der Waals surface area contributed by atoms with Gasteiger partial charge in [0.25, 0.3) is 0 Å². The van der Waals surface area contributed by atoms with Crippen LogP contribution < -0.4 is 5.32 Å². The van der Waals surface area contributed by atoms with E-state index in [1.807, 2.05) is 4.90 Å². The number of carbonyl (C=O) groups is 1. The minimum atomic E-state index is 0.307. The van der Waals surface area contributed by atoms with Gasteiger partial charge in [0.15, 0.2) is 0 Å². The van der Waals surface area contributed by atoms with Gasteiger partial charge in [-0.2, -0.15) is 0 Å². The van der Waals surface area contributed by atoms with E-state index in [1.165, 1.54) is 39.0 Å². The normalized spacial score (nSPS) is 18.6. The second-order valence-corrected chi connectivity index (χ2v) is 9.00. The summed E-state index contributed by atoms with van der Waals surface area (Å²) in [6, 6.07) is 15.8. The first-order chi connectivity index (χ1) is 14.7. The Morgan fingerprint density at radius 2 is 1.93 bits per heavy atom. The third-order valence-electron chi connectivity index (χ3n) is 6.75. The average molecular weight is 402 g/mol. The smallest absolute Gasteiger partial charge is 0.222 e. The van der Waals surface area contributed by atoms with E-state index in [9.17, 15) is 4.79 Å². The number of aryl methyl sites for hydroxylation is 3. The molecule has 1 aliphatic heterocycles. The molecule has 5 rings (SSSR count). The molecule has 30 heavy (non-hydrogen) atoms. The van der Waals surface area contributed by atoms with Crippen molar-refractivity contribution in [1.82, 2.24) is 9.88 Å². The van der Waals surface area contributed by atoms with Gasteiger partial charge in [0.05, 0.1) is 0 Å². The third-order valence-corrected chi connectivity index (χ3v) is 6.75. The lowest BCUT2D eigenvalue weighted by atomic mass is 9.91. The summed E-state index contributed by atoms with van der Waals surface area (Å²) in [7, 11) is 0. The van der Waals surface area contributed by atoms with Gasteiger partial charge in [-0.15, -0.1) is 0 Å². The lowest BCUT2D eigenvalue weighted by Gasteiger charge is -2.25. The monoisotopic (exact) mass is 401 g/mol. The second kappa shape index (κ2) is 8.17. The van der Waals surface area contributed by atoms with Gasteiger partial charge in [-0.3, -0.25) is 4.79 Å². The van der Waals surface area contributed by atoms with Crippen molar-refractivity contribution < 1.29 is 4.79 Å². The number of likely N-dealkylation sites (tertiary alicyclic amines) is 1. The van der Waals surface area contributed by atoms with Gasteiger partial charge < -0.3 is 15.2 Å². The van der Waals surface area contributed by atoms with Gasteiger partial charge >= 0.3 is 0 Å². The van der Waals surface area contributed by atoms with Gasteiger partial charge in [-0.05, 0) is 80.8 Å². The van der Waals surface area contributed by atoms with Crippen LogP contribution in [-0.2, 0) is 24.1 Å². The van der Waals surface area contributed by atoms with Crippen LogP contribution in [0.2, 0.25) is 0 Å².